The molecule has 0 unspecified atom stereocenters. The monoisotopic (exact) mass is 1030 g/mol. The second-order valence-electron chi connectivity index (χ2n) is 20.1. The number of imidazole rings is 2. The molecule has 4 fully saturated rings. The van der Waals surface area contributed by atoms with E-state index in [2.05, 4.69) is 61.2 Å². The van der Waals surface area contributed by atoms with E-state index >= 15 is 0 Å². The van der Waals surface area contributed by atoms with Crippen LogP contribution in [0.1, 0.15) is 116 Å². The minimum Gasteiger partial charge on any atom is -0.493 e. The lowest BCUT2D eigenvalue weighted by atomic mass is 10.0. The van der Waals surface area contributed by atoms with Crippen molar-refractivity contribution in [2.24, 2.45) is 0 Å². The molecule has 384 valence electrons. The number of nitrogens with one attached hydrogen (secondary N) is 1. The highest BCUT2D eigenvalue weighted by Crippen LogP contribution is 2.43. The summed E-state index contributed by atoms with van der Waals surface area (Å²) < 4.78 is 72.4. The van der Waals surface area contributed by atoms with Gasteiger partial charge in [0, 0.05) is 74.3 Å². The van der Waals surface area contributed by atoms with E-state index in [-0.39, 0.29) is 36.0 Å². The second kappa shape index (κ2) is 18.8. The molecule has 2 atom stereocenters. The van der Waals surface area contributed by atoms with Crippen molar-refractivity contribution in [2.45, 2.75) is 110 Å². The van der Waals surface area contributed by atoms with E-state index in [0.29, 0.717) is 84.2 Å². The van der Waals surface area contributed by atoms with Gasteiger partial charge in [0.15, 0.2) is 0 Å². The molecule has 0 spiro atoms. The van der Waals surface area contributed by atoms with Gasteiger partial charge in [-0.1, -0.05) is 22.4 Å². The summed E-state index contributed by atoms with van der Waals surface area (Å²) in [7, 11) is -6.45. The molecule has 73 heavy (non-hydrogen) atoms. The van der Waals surface area contributed by atoms with Crippen molar-refractivity contribution in [1.82, 2.24) is 43.3 Å². The van der Waals surface area contributed by atoms with E-state index < -0.39 is 20.0 Å². The van der Waals surface area contributed by atoms with E-state index in [1.807, 2.05) is 50.8 Å². The zero-order valence-electron chi connectivity index (χ0n) is 41.9. The fourth-order valence-electron chi connectivity index (χ4n) is 11.8. The number of hydrogen-bond acceptors (Lipinski definition) is 13. The lowest BCUT2D eigenvalue weighted by molar-refractivity contribution is -0.119. The number of fused-ring (bicyclic) bond motifs is 3. The minimum absolute atomic E-state index is 0.0388. The van der Waals surface area contributed by atoms with Gasteiger partial charge in [-0.05, 0) is 125 Å². The molecule has 0 radical (unpaired) electrons. The highest BCUT2D eigenvalue weighted by molar-refractivity contribution is 7.88. The molecular weight excluding hydrogens is 973 g/mol. The Hall–Kier alpha value is -6.42. The molecule has 3 aromatic carbocycles. The first kappa shape index (κ1) is 48.8. The first-order valence-electron chi connectivity index (χ1n) is 25.1. The van der Waals surface area contributed by atoms with Crippen LogP contribution in [-0.2, 0) is 36.1 Å². The Bertz CT molecular complexity index is 3510. The van der Waals surface area contributed by atoms with E-state index in [1.165, 1.54) is 16.8 Å². The van der Waals surface area contributed by atoms with Gasteiger partial charge >= 0.3 is 0 Å². The van der Waals surface area contributed by atoms with Crippen LogP contribution in [0.2, 0.25) is 0 Å². The third-order valence-electron chi connectivity index (χ3n) is 15.4. The number of nitrogens with zero attached hydrogens (tertiary/aromatic N) is 9. The number of carbonyl (C=O) groups is 2. The Balaban J connectivity index is 0.000000162. The van der Waals surface area contributed by atoms with Crippen LogP contribution in [0.15, 0.2) is 63.6 Å². The zero-order valence-corrected chi connectivity index (χ0v) is 43.6. The number of ether oxygens (including phenoxy) is 1. The SMILES string of the molecule is Cc1noc(C)c1-c1ccc2c(c1)nc([C@@H]1CCC(=O)N1)n2C1CCN(S(C)(=O)=O)CC1.Cc1noc(C)c1-c1ccc2c(c1)nc([C@@H]1CCC(=O)N1c1ccc3c(c1)CCO3)n2C1CCN(S(C)(=O)=O)CC1. The van der Waals surface area contributed by atoms with Gasteiger partial charge in [-0.15, -0.1) is 0 Å². The van der Waals surface area contributed by atoms with Gasteiger partial charge < -0.3 is 33.1 Å². The predicted molar refractivity (Wildman–Crippen MR) is 274 cm³/mol. The first-order chi connectivity index (χ1) is 34.9. The van der Waals surface area contributed by atoms with Gasteiger partial charge in [0.25, 0.3) is 0 Å². The standard InChI is InChI=1S/C30H33N5O5S.C22H27N5O4S/c1-18-29(19(2)40-32-18)21-4-6-25-24(17-21)31-30(35(25)22-10-13-33(14-11-22)41(3,37)38)26-7-9-28(36)34(26)23-5-8-27-20(16-23)12-15-39-27;1-13-21(14(2)31-25-13)15-4-6-19-18(12-15)24-22(17-5-7-20(28)23-17)27(19)16-8-10-26(11-9-16)32(3,29)30/h4-6,8,16-17,22,26H,7,9-15H2,1-3H3;4,6,12,16-17H,5,7-11H2,1-3H3,(H,23,28)/t26-;17-/m00/s1. The van der Waals surface area contributed by atoms with Crippen LogP contribution in [0.25, 0.3) is 44.3 Å². The van der Waals surface area contributed by atoms with Gasteiger partial charge in [0.1, 0.15) is 28.9 Å². The van der Waals surface area contributed by atoms with Crippen molar-refractivity contribution in [3.63, 3.8) is 0 Å². The molecule has 0 bridgehead atoms. The summed E-state index contributed by atoms with van der Waals surface area (Å²) in [6.45, 7) is 10.2. The molecule has 1 N–H and O–H groups in total. The molecule has 5 aliphatic heterocycles. The number of carbonyl (C=O) groups excluding carboxylic acids is 2. The summed E-state index contributed by atoms with van der Waals surface area (Å²) >= 11 is 0. The summed E-state index contributed by atoms with van der Waals surface area (Å²) in [5.74, 6) is 4.21. The lowest BCUT2D eigenvalue weighted by Gasteiger charge is -2.34. The van der Waals surface area contributed by atoms with E-state index in [1.54, 1.807) is 4.31 Å². The molecule has 21 heteroatoms. The third kappa shape index (κ3) is 9.11. The molecule has 7 aromatic rings. The van der Waals surface area contributed by atoms with Crippen molar-refractivity contribution >= 4 is 59.6 Å². The summed E-state index contributed by atoms with van der Waals surface area (Å²) in [5.41, 5.74) is 11.2. The van der Waals surface area contributed by atoms with Crippen LogP contribution in [-0.4, -0.2) is 112 Å². The lowest BCUT2D eigenvalue weighted by Crippen LogP contribution is -2.39. The quantitative estimate of drug-likeness (QED) is 0.148. The van der Waals surface area contributed by atoms with Gasteiger partial charge in [-0.3, -0.25) is 9.59 Å². The summed E-state index contributed by atoms with van der Waals surface area (Å²) in [6.07, 6.45) is 8.43. The fraction of sp³-hybridized carbons (Fsp3) is 0.462. The number of piperidine rings is 2. The number of amides is 2. The molecule has 0 saturated carbocycles. The van der Waals surface area contributed by atoms with Crippen molar-refractivity contribution in [3.8, 4) is 28.0 Å². The molecule has 4 saturated heterocycles. The van der Waals surface area contributed by atoms with Crippen molar-refractivity contribution in [1.29, 1.82) is 0 Å². The Labute approximate surface area is 423 Å². The Morgan fingerprint density at radius 1 is 0.616 bits per heavy atom. The van der Waals surface area contributed by atoms with Crippen LogP contribution in [0.4, 0.5) is 5.69 Å². The molecule has 12 rings (SSSR count). The molecule has 2 amide bonds. The highest BCUT2D eigenvalue weighted by atomic mass is 32.2. The molecular formula is C52H60N10O9S2. The number of aryl methyl sites for hydroxylation is 4. The van der Waals surface area contributed by atoms with Crippen LogP contribution >= 0.6 is 0 Å². The van der Waals surface area contributed by atoms with Crippen LogP contribution in [0, 0.1) is 27.7 Å². The Morgan fingerprint density at radius 3 is 1.64 bits per heavy atom. The van der Waals surface area contributed by atoms with Gasteiger partial charge in [-0.25, -0.2) is 35.4 Å². The Kier molecular flexibility index (Phi) is 12.6. The van der Waals surface area contributed by atoms with Gasteiger partial charge in [-0.2, -0.15) is 0 Å². The molecule has 5 aliphatic rings. The predicted octanol–water partition coefficient (Wildman–Crippen LogP) is 7.56. The number of hydrogen-bond donors (Lipinski definition) is 1. The molecule has 9 heterocycles. The average molecular weight is 1030 g/mol. The summed E-state index contributed by atoms with van der Waals surface area (Å²) in [5, 5.41) is 11.2. The molecule has 0 aliphatic carbocycles. The highest BCUT2D eigenvalue weighted by Gasteiger charge is 2.40. The number of sulfonamides is 2. The molecule has 4 aromatic heterocycles. The Morgan fingerprint density at radius 2 is 1.15 bits per heavy atom. The maximum Gasteiger partial charge on any atom is 0.227 e. The fourth-order valence-corrected chi connectivity index (χ4v) is 13.6. The smallest absolute Gasteiger partial charge is 0.227 e. The van der Waals surface area contributed by atoms with Crippen LogP contribution in [0.5, 0.6) is 5.75 Å². The van der Waals surface area contributed by atoms with Crippen molar-refractivity contribution in [2.75, 3.05) is 50.2 Å². The first-order valence-corrected chi connectivity index (χ1v) is 28.8. The average Bonchev–Trinajstić information content (AvgIpc) is 4.25. The zero-order chi connectivity index (χ0) is 51.1. The summed E-state index contributed by atoms with van der Waals surface area (Å²) in [4.78, 5) is 37.4. The third-order valence-corrected chi connectivity index (χ3v) is 18.0. The van der Waals surface area contributed by atoms with Crippen LogP contribution < -0.4 is 15.0 Å². The van der Waals surface area contributed by atoms with Crippen molar-refractivity contribution in [3.05, 3.63) is 94.7 Å². The largest absolute Gasteiger partial charge is 0.493 e. The van der Waals surface area contributed by atoms with Gasteiger partial charge in [0.2, 0.25) is 31.9 Å². The van der Waals surface area contributed by atoms with Crippen LogP contribution in [0.3, 0.4) is 0 Å². The van der Waals surface area contributed by atoms with Gasteiger partial charge in [0.05, 0.1) is 64.7 Å². The maximum absolute atomic E-state index is 13.4. The number of rotatable bonds is 9. The minimum atomic E-state index is -3.25. The maximum atomic E-state index is 13.4. The van der Waals surface area contributed by atoms with E-state index in [4.69, 9.17) is 23.8 Å². The number of aromatic nitrogens is 6. The van der Waals surface area contributed by atoms with E-state index in [0.717, 1.165) is 102 Å². The number of benzene rings is 3. The second-order valence-corrected chi connectivity index (χ2v) is 24.1. The topological polar surface area (TPSA) is 221 Å². The summed E-state index contributed by atoms with van der Waals surface area (Å²) in [6, 6.07) is 18.2. The van der Waals surface area contributed by atoms with E-state index in [9.17, 15) is 26.4 Å². The van der Waals surface area contributed by atoms with Crippen molar-refractivity contribution < 1.29 is 40.2 Å². The molecule has 19 nitrogen and oxygen atoms in total. The normalized spacial score (nSPS) is 20.5. The number of anilines is 1.